The largest absolute Gasteiger partial charge is 0.338 e. The first-order valence-electron chi connectivity index (χ1n) is 10.5. The quantitative estimate of drug-likeness (QED) is 0.508. The van der Waals surface area contributed by atoms with Gasteiger partial charge in [0.2, 0.25) is 0 Å². The van der Waals surface area contributed by atoms with Crippen molar-refractivity contribution in [2.24, 2.45) is 0 Å². The summed E-state index contributed by atoms with van der Waals surface area (Å²) >= 11 is 0. The van der Waals surface area contributed by atoms with E-state index < -0.39 is 0 Å². The van der Waals surface area contributed by atoms with Crippen molar-refractivity contribution in [2.75, 3.05) is 13.1 Å². The molecule has 1 saturated heterocycles. The number of halogens is 1. The first-order valence-corrected chi connectivity index (χ1v) is 10.5. The van der Waals surface area contributed by atoms with E-state index in [9.17, 15) is 9.18 Å². The monoisotopic (exact) mass is 415 g/mol. The number of rotatable bonds is 4. The maximum Gasteiger partial charge on any atom is 0.259 e. The van der Waals surface area contributed by atoms with Gasteiger partial charge in [-0.25, -0.2) is 13.9 Å². The van der Waals surface area contributed by atoms with Crippen molar-refractivity contribution in [3.05, 3.63) is 95.5 Å². The van der Waals surface area contributed by atoms with Crippen molar-refractivity contribution in [3.8, 4) is 0 Å². The van der Waals surface area contributed by atoms with Gasteiger partial charge in [-0.3, -0.25) is 9.78 Å². The molecule has 3 aromatic heterocycles. The standard InChI is InChI=1S/C24H22FN5O/c25-21-9-2-1-6-17(21)14-19-8-3-10-22(28-19)18-7-4-12-29(16-18)24(31)20-15-27-30-13-5-11-26-23(20)30/h1-3,5-6,8-11,13,15,18H,4,7,12,14,16H2/t18-/m1/s1. The summed E-state index contributed by atoms with van der Waals surface area (Å²) < 4.78 is 15.6. The van der Waals surface area contributed by atoms with E-state index in [1.807, 2.05) is 29.2 Å². The minimum atomic E-state index is -0.217. The number of hydrogen-bond acceptors (Lipinski definition) is 4. The number of nitrogens with zero attached hydrogens (tertiary/aromatic N) is 5. The predicted molar refractivity (Wildman–Crippen MR) is 114 cm³/mol. The highest BCUT2D eigenvalue weighted by atomic mass is 19.1. The average molecular weight is 415 g/mol. The van der Waals surface area contributed by atoms with Gasteiger partial charge in [0.15, 0.2) is 5.65 Å². The SMILES string of the molecule is O=C(c1cnn2cccnc12)N1CCC[C@@H](c2cccc(Cc3ccccc3F)n2)C1. The zero-order valence-electron chi connectivity index (χ0n) is 17.0. The van der Waals surface area contributed by atoms with Crippen molar-refractivity contribution in [1.29, 1.82) is 0 Å². The number of fused-ring (bicyclic) bond motifs is 1. The van der Waals surface area contributed by atoms with E-state index in [0.29, 0.717) is 36.3 Å². The van der Waals surface area contributed by atoms with Crippen LogP contribution in [0.15, 0.2) is 67.1 Å². The van der Waals surface area contributed by atoms with Crippen LogP contribution in [-0.2, 0) is 6.42 Å². The van der Waals surface area contributed by atoms with Gasteiger partial charge in [0, 0.05) is 49.2 Å². The maximum atomic E-state index is 14.0. The first kappa shape index (κ1) is 19.4. The summed E-state index contributed by atoms with van der Waals surface area (Å²) in [5, 5.41) is 4.23. The number of piperidine rings is 1. The Bertz CT molecular complexity index is 1240. The molecule has 0 spiro atoms. The lowest BCUT2D eigenvalue weighted by Crippen LogP contribution is -2.39. The number of aromatic nitrogens is 4. The molecule has 6 nitrogen and oxygen atoms in total. The molecule has 31 heavy (non-hydrogen) atoms. The molecule has 5 rings (SSSR count). The van der Waals surface area contributed by atoms with Gasteiger partial charge in [0.1, 0.15) is 11.4 Å². The molecular formula is C24H22FN5O. The highest BCUT2D eigenvalue weighted by Crippen LogP contribution is 2.27. The molecule has 0 radical (unpaired) electrons. The Morgan fingerprint density at radius 2 is 2.03 bits per heavy atom. The summed E-state index contributed by atoms with van der Waals surface area (Å²) in [6.45, 7) is 1.30. The fraction of sp³-hybridized carbons (Fsp3) is 0.250. The Labute approximate surface area is 179 Å². The van der Waals surface area contributed by atoms with Gasteiger partial charge in [-0.15, -0.1) is 0 Å². The number of carbonyl (C=O) groups excluding carboxylic acids is 1. The van der Waals surface area contributed by atoms with Gasteiger partial charge < -0.3 is 4.90 Å². The Morgan fingerprint density at radius 1 is 1.13 bits per heavy atom. The third-order valence-corrected chi connectivity index (χ3v) is 5.79. The van der Waals surface area contributed by atoms with E-state index >= 15 is 0 Å². The molecule has 1 atom stereocenters. The fourth-order valence-corrected chi connectivity index (χ4v) is 4.21. The summed E-state index contributed by atoms with van der Waals surface area (Å²) in [7, 11) is 0. The third kappa shape index (κ3) is 3.91. The van der Waals surface area contributed by atoms with Crippen LogP contribution in [0.4, 0.5) is 4.39 Å². The minimum Gasteiger partial charge on any atom is -0.338 e. The second-order valence-electron chi connectivity index (χ2n) is 7.86. The topological polar surface area (TPSA) is 63.4 Å². The lowest BCUT2D eigenvalue weighted by atomic mass is 9.93. The first-order chi connectivity index (χ1) is 15.2. The van der Waals surface area contributed by atoms with Crippen molar-refractivity contribution in [3.63, 3.8) is 0 Å². The maximum absolute atomic E-state index is 14.0. The van der Waals surface area contributed by atoms with Crippen LogP contribution in [-0.4, -0.2) is 43.5 Å². The summed E-state index contributed by atoms with van der Waals surface area (Å²) in [6, 6.07) is 14.5. The molecular weight excluding hydrogens is 393 g/mol. The molecule has 156 valence electrons. The van der Waals surface area contributed by atoms with E-state index in [4.69, 9.17) is 4.98 Å². The third-order valence-electron chi connectivity index (χ3n) is 5.79. The molecule has 1 aliphatic rings. The zero-order valence-corrected chi connectivity index (χ0v) is 17.0. The van der Waals surface area contributed by atoms with E-state index in [2.05, 4.69) is 10.1 Å². The van der Waals surface area contributed by atoms with Crippen LogP contribution in [0.1, 0.15) is 46.1 Å². The summed E-state index contributed by atoms with van der Waals surface area (Å²) in [4.78, 5) is 24.1. The lowest BCUT2D eigenvalue weighted by molar-refractivity contribution is 0.0707. The molecule has 1 aromatic carbocycles. The molecule has 0 aliphatic carbocycles. The van der Waals surface area contributed by atoms with Gasteiger partial charge in [0.05, 0.1) is 6.20 Å². The van der Waals surface area contributed by atoms with E-state index in [-0.39, 0.29) is 17.6 Å². The molecule has 1 amide bonds. The smallest absolute Gasteiger partial charge is 0.259 e. The second kappa shape index (κ2) is 8.26. The molecule has 7 heteroatoms. The number of hydrogen-bond donors (Lipinski definition) is 0. The van der Waals surface area contributed by atoms with Gasteiger partial charge in [-0.05, 0) is 42.7 Å². The van der Waals surface area contributed by atoms with Crippen LogP contribution in [0, 0.1) is 5.82 Å². The van der Waals surface area contributed by atoms with Crippen molar-refractivity contribution in [1.82, 2.24) is 24.5 Å². The lowest BCUT2D eigenvalue weighted by Gasteiger charge is -2.32. The molecule has 0 saturated carbocycles. The number of amides is 1. The highest BCUT2D eigenvalue weighted by Gasteiger charge is 2.28. The Morgan fingerprint density at radius 3 is 2.94 bits per heavy atom. The Balaban J connectivity index is 1.35. The summed E-state index contributed by atoms with van der Waals surface area (Å²) in [6.07, 6.45) is 7.35. The van der Waals surface area contributed by atoms with Crippen LogP contribution >= 0.6 is 0 Å². The van der Waals surface area contributed by atoms with E-state index in [0.717, 1.165) is 24.2 Å². The second-order valence-corrected chi connectivity index (χ2v) is 7.86. The van der Waals surface area contributed by atoms with Crippen molar-refractivity contribution >= 4 is 11.6 Å². The van der Waals surface area contributed by atoms with Gasteiger partial charge >= 0.3 is 0 Å². The fourth-order valence-electron chi connectivity index (χ4n) is 4.21. The van der Waals surface area contributed by atoms with Crippen molar-refractivity contribution in [2.45, 2.75) is 25.2 Å². The zero-order chi connectivity index (χ0) is 21.2. The molecule has 4 aromatic rings. The van der Waals surface area contributed by atoms with E-state index in [1.54, 1.807) is 41.3 Å². The molecule has 0 N–H and O–H groups in total. The van der Waals surface area contributed by atoms with Crippen LogP contribution in [0.2, 0.25) is 0 Å². The summed E-state index contributed by atoms with van der Waals surface area (Å²) in [5.74, 6) is -0.125. The van der Waals surface area contributed by atoms with Crippen molar-refractivity contribution < 1.29 is 9.18 Å². The molecule has 0 bridgehead atoms. The van der Waals surface area contributed by atoms with E-state index in [1.165, 1.54) is 6.07 Å². The van der Waals surface area contributed by atoms with Crippen LogP contribution in [0.3, 0.4) is 0 Å². The average Bonchev–Trinajstić information content (AvgIpc) is 3.25. The molecule has 1 aliphatic heterocycles. The van der Waals surface area contributed by atoms with Crippen LogP contribution in [0.25, 0.3) is 5.65 Å². The molecule has 1 fully saturated rings. The predicted octanol–water partition coefficient (Wildman–Crippen LogP) is 3.87. The number of pyridine rings is 1. The van der Waals surface area contributed by atoms with Gasteiger partial charge in [-0.1, -0.05) is 24.3 Å². The highest BCUT2D eigenvalue weighted by molar-refractivity contribution is 5.99. The van der Waals surface area contributed by atoms with Gasteiger partial charge in [0.25, 0.3) is 5.91 Å². The summed E-state index contributed by atoms with van der Waals surface area (Å²) in [5.41, 5.74) is 3.50. The number of carbonyl (C=O) groups is 1. The number of benzene rings is 1. The van der Waals surface area contributed by atoms with Crippen LogP contribution < -0.4 is 0 Å². The Kier molecular flexibility index (Phi) is 5.16. The Hall–Kier alpha value is -3.61. The van der Waals surface area contributed by atoms with Crippen LogP contribution in [0.5, 0.6) is 0 Å². The van der Waals surface area contributed by atoms with Gasteiger partial charge in [-0.2, -0.15) is 5.10 Å². The normalized spacial score (nSPS) is 16.5. The minimum absolute atomic E-state index is 0.0547. The molecule has 4 heterocycles. The number of likely N-dealkylation sites (tertiary alicyclic amines) is 1. The molecule has 0 unspecified atom stereocenters.